The molecule has 0 radical (unpaired) electrons. The lowest BCUT2D eigenvalue weighted by Crippen LogP contribution is -2.42. The number of methoxy groups -OCH3 is 1. The molecule has 0 aliphatic heterocycles. The smallest absolute Gasteiger partial charge is 0.328 e. The highest BCUT2D eigenvalue weighted by molar-refractivity contribution is 7.98. The van der Waals surface area contributed by atoms with Crippen LogP contribution in [0.3, 0.4) is 0 Å². The first-order valence-corrected chi connectivity index (χ1v) is 9.53. The first-order chi connectivity index (χ1) is 12.6. The van der Waals surface area contributed by atoms with Crippen LogP contribution in [0.15, 0.2) is 48.5 Å². The van der Waals surface area contributed by atoms with Crippen LogP contribution in [-0.4, -0.2) is 37.0 Å². The monoisotopic (exact) mass is 367 g/mol. The summed E-state index contributed by atoms with van der Waals surface area (Å²) in [5.74, 6) is 2.55. The van der Waals surface area contributed by atoms with Gasteiger partial charge in [0.25, 0.3) is 5.91 Å². The number of esters is 1. The van der Waals surface area contributed by atoms with Gasteiger partial charge in [-0.1, -0.05) is 36.3 Å². The highest BCUT2D eigenvalue weighted by Crippen LogP contribution is 2.25. The summed E-state index contributed by atoms with van der Waals surface area (Å²) in [4.78, 5) is 24.8. The minimum atomic E-state index is -0.684. The van der Waals surface area contributed by atoms with Gasteiger partial charge in [-0.15, -0.1) is 6.42 Å². The number of hydrogen-bond acceptors (Lipinski definition) is 4. The molecular formula is C21H21NO3S. The van der Waals surface area contributed by atoms with Crippen molar-refractivity contribution in [1.82, 2.24) is 5.32 Å². The van der Waals surface area contributed by atoms with E-state index in [2.05, 4.69) is 11.2 Å². The van der Waals surface area contributed by atoms with Gasteiger partial charge in [0.05, 0.1) is 7.11 Å². The average Bonchev–Trinajstić information content (AvgIpc) is 2.70. The molecule has 0 saturated carbocycles. The van der Waals surface area contributed by atoms with Crippen molar-refractivity contribution in [1.29, 1.82) is 0 Å². The molecule has 4 nitrogen and oxygen atoms in total. The molecule has 2 aromatic rings. The third kappa shape index (κ3) is 4.90. The summed E-state index contributed by atoms with van der Waals surface area (Å²) in [7, 11) is 1.32. The maximum Gasteiger partial charge on any atom is 0.328 e. The SMILES string of the molecule is C#Cc1ccc(C(=O)N[C@@H](CCSC)C(=O)OC)c(-c2ccccc2)c1. The quantitative estimate of drug-likeness (QED) is 0.602. The molecule has 2 aromatic carbocycles. The Kier molecular flexibility index (Phi) is 7.31. The van der Waals surface area contributed by atoms with E-state index < -0.39 is 12.0 Å². The van der Waals surface area contributed by atoms with E-state index in [1.165, 1.54) is 7.11 Å². The maximum absolute atomic E-state index is 12.9. The molecule has 0 aliphatic carbocycles. The van der Waals surface area contributed by atoms with E-state index in [1.807, 2.05) is 36.6 Å². The van der Waals surface area contributed by atoms with Gasteiger partial charge in [-0.25, -0.2) is 4.79 Å². The van der Waals surface area contributed by atoms with E-state index in [0.717, 1.165) is 16.9 Å². The number of benzene rings is 2. The zero-order valence-corrected chi connectivity index (χ0v) is 15.6. The van der Waals surface area contributed by atoms with Crippen LogP contribution in [-0.2, 0) is 9.53 Å². The normalized spacial score (nSPS) is 11.3. The number of hydrogen-bond donors (Lipinski definition) is 1. The Balaban J connectivity index is 2.36. The van der Waals surface area contributed by atoms with Crippen LogP contribution in [0.2, 0.25) is 0 Å². The van der Waals surface area contributed by atoms with Crippen LogP contribution in [0.1, 0.15) is 22.3 Å². The van der Waals surface area contributed by atoms with Crippen molar-refractivity contribution in [2.45, 2.75) is 12.5 Å². The van der Waals surface area contributed by atoms with Gasteiger partial charge in [-0.3, -0.25) is 4.79 Å². The summed E-state index contributed by atoms with van der Waals surface area (Å²) in [5.41, 5.74) is 2.76. The minimum Gasteiger partial charge on any atom is -0.467 e. The fourth-order valence-corrected chi connectivity index (χ4v) is 3.02. The number of carbonyl (C=O) groups is 2. The lowest BCUT2D eigenvalue weighted by Gasteiger charge is -2.17. The van der Waals surface area contributed by atoms with E-state index >= 15 is 0 Å². The van der Waals surface area contributed by atoms with Gasteiger partial charge in [-0.05, 0) is 47.8 Å². The topological polar surface area (TPSA) is 55.4 Å². The minimum absolute atomic E-state index is 0.330. The third-order valence-electron chi connectivity index (χ3n) is 3.92. The molecule has 1 N–H and O–H groups in total. The maximum atomic E-state index is 12.9. The molecule has 1 atom stereocenters. The summed E-state index contributed by atoms with van der Waals surface area (Å²) in [5, 5.41) is 2.79. The standard InChI is InChI=1S/C21H21NO3S/c1-4-15-10-11-17(18(14-15)16-8-6-5-7-9-16)20(23)22-19(12-13-26-3)21(24)25-2/h1,5-11,14,19H,12-13H2,2-3H3,(H,22,23)/t19-/m0/s1. The van der Waals surface area contributed by atoms with E-state index in [4.69, 9.17) is 11.2 Å². The number of nitrogens with one attached hydrogen (secondary N) is 1. The van der Waals surface area contributed by atoms with Crippen molar-refractivity contribution in [3.8, 4) is 23.5 Å². The van der Waals surface area contributed by atoms with Crippen LogP contribution in [0.4, 0.5) is 0 Å². The van der Waals surface area contributed by atoms with Crippen LogP contribution in [0.5, 0.6) is 0 Å². The van der Waals surface area contributed by atoms with Crippen molar-refractivity contribution in [3.05, 3.63) is 59.7 Å². The zero-order valence-electron chi connectivity index (χ0n) is 14.8. The Morgan fingerprint density at radius 3 is 2.58 bits per heavy atom. The highest BCUT2D eigenvalue weighted by Gasteiger charge is 2.23. The number of rotatable bonds is 7. The van der Waals surface area contributed by atoms with Gasteiger partial charge in [0.15, 0.2) is 0 Å². The fourth-order valence-electron chi connectivity index (χ4n) is 2.55. The van der Waals surface area contributed by atoms with Crippen molar-refractivity contribution >= 4 is 23.6 Å². The average molecular weight is 367 g/mol. The van der Waals surface area contributed by atoms with Crippen LogP contribution in [0, 0.1) is 12.3 Å². The van der Waals surface area contributed by atoms with Crippen LogP contribution in [0.25, 0.3) is 11.1 Å². The Hall–Kier alpha value is -2.71. The largest absolute Gasteiger partial charge is 0.467 e. The predicted octanol–water partition coefficient (Wildman–Crippen LogP) is 3.36. The lowest BCUT2D eigenvalue weighted by molar-refractivity contribution is -0.142. The molecule has 5 heteroatoms. The molecule has 2 rings (SSSR count). The van der Waals surface area contributed by atoms with Gasteiger partial charge < -0.3 is 10.1 Å². The predicted molar refractivity (Wildman–Crippen MR) is 106 cm³/mol. The first kappa shape index (κ1) is 19.6. The molecule has 0 fully saturated rings. The fraction of sp³-hybridized carbons (Fsp3) is 0.238. The Labute approximate surface area is 158 Å². The number of amides is 1. The Morgan fingerprint density at radius 2 is 1.96 bits per heavy atom. The lowest BCUT2D eigenvalue weighted by atomic mass is 9.96. The Bertz CT molecular complexity index is 812. The summed E-state index contributed by atoms with van der Waals surface area (Å²) in [6.07, 6.45) is 7.95. The van der Waals surface area contributed by atoms with Crippen molar-refractivity contribution in [2.75, 3.05) is 19.1 Å². The van der Waals surface area contributed by atoms with Crippen molar-refractivity contribution in [3.63, 3.8) is 0 Å². The van der Waals surface area contributed by atoms with Crippen LogP contribution >= 0.6 is 11.8 Å². The number of ether oxygens (including phenoxy) is 1. The first-order valence-electron chi connectivity index (χ1n) is 8.14. The van der Waals surface area contributed by atoms with Gasteiger partial charge in [0.1, 0.15) is 6.04 Å². The number of thioether (sulfide) groups is 1. The molecule has 1 amide bonds. The molecule has 0 saturated heterocycles. The second kappa shape index (κ2) is 9.69. The van der Waals surface area contributed by atoms with E-state index in [-0.39, 0.29) is 5.91 Å². The molecule has 0 heterocycles. The molecule has 26 heavy (non-hydrogen) atoms. The summed E-state index contributed by atoms with van der Waals surface area (Å²) in [6, 6.07) is 14.1. The summed E-state index contributed by atoms with van der Waals surface area (Å²) in [6.45, 7) is 0. The summed E-state index contributed by atoms with van der Waals surface area (Å²) >= 11 is 1.60. The van der Waals surface area contributed by atoms with Gasteiger partial charge in [-0.2, -0.15) is 11.8 Å². The molecule has 0 bridgehead atoms. The van der Waals surface area contributed by atoms with E-state index in [1.54, 1.807) is 30.0 Å². The molecule has 0 spiro atoms. The van der Waals surface area contributed by atoms with Crippen LogP contribution < -0.4 is 5.32 Å². The number of terminal acetylenes is 1. The van der Waals surface area contributed by atoms with E-state index in [0.29, 0.717) is 17.5 Å². The highest BCUT2D eigenvalue weighted by atomic mass is 32.2. The van der Waals surface area contributed by atoms with Crippen molar-refractivity contribution in [2.24, 2.45) is 0 Å². The molecule has 0 unspecified atom stereocenters. The van der Waals surface area contributed by atoms with Crippen molar-refractivity contribution < 1.29 is 14.3 Å². The second-order valence-electron chi connectivity index (χ2n) is 5.60. The zero-order chi connectivity index (χ0) is 18.9. The Morgan fingerprint density at radius 1 is 1.23 bits per heavy atom. The van der Waals surface area contributed by atoms with Gasteiger partial charge in [0, 0.05) is 11.1 Å². The third-order valence-corrected chi connectivity index (χ3v) is 4.56. The molecule has 0 aliphatic rings. The van der Waals surface area contributed by atoms with E-state index in [9.17, 15) is 9.59 Å². The van der Waals surface area contributed by atoms with Gasteiger partial charge >= 0.3 is 5.97 Å². The van der Waals surface area contributed by atoms with Gasteiger partial charge in [0.2, 0.25) is 0 Å². The second-order valence-corrected chi connectivity index (χ2v) is 6.59. The summed E-state index contributed by atoms with van der Waals surface area (Å²) < 4.78 is 4.81. The molecular weight excluding hydrogens is 346 g/mol. The number of carbonyl (C=O) groups excluding carboxylic acids is 2. The molecule has 0 aromatic heterocycles. The molecule has 134 valence electrons.